The summed E-state index contributed by atoms with van der Waals surface area (Å²) in [5, 5.41) is 11.0. The van der Waals surface area contributed by atoms with Gasteiger partial charge in [0.25, 0.3) is 0 Å². The number of piperidine rings is 1. The van der Waals surface area contributed by atoms with Gasteiger partial charge in [-0.2, -0.15) is 0 Å². The average Bonchev–Trinajstić information content (AvgIpc) is 2.82. The predicted octanol–water partition coefficient (Wildman–Crippen LogP) is 7.51. The Kier molecular flexibility index (Phi) is 20.9. The minimum absolute atomic E-state index is 0.107. The first kappa shape index (κ1) is 30.9. The first-order valence-corrected chi connectivity index (χ1v) is 14.9. The fourth-order valence-corrected chi connectivity index (χ4v) is 4.87. The van der Waals surface area contributed by atoms with Crippen LogP contribution in [0.15, 0.2) is 0 Å². The van der Waals surface area contributed by atoms with Crippen LogP contribution < -0.4 is 0 Å². The summed E-state index contributed by atoms with van der Waals surface area (Å²) in [4.78, 5) is 2.49. The first-order valence-electron chi connectivity index (χ1n) is 14.9. The molecule has 0 spiro atoms. The van der Waals surface area contributed by atoms with Crippen LogP contribution in [-0.4, -0.2) is 61.2 Å². The molecule has 1 fully saturated rings. The van der Waals surface area contributed by atoms with E-state index in [9.17, 15) is 5.11 Å². The van der Waals surface area contributed by atoms with Crippen molar-refractivity contribution in [2.75, 3.05) is 32.8 Å². The molecular weight excluding hydrogens is 410 g/mol. The van der Waals surface area contributed by atoms with E-state index in [-0.39, 0.29) is 12.2 Å². The molecule has 1 aliphatic rings. The fraction of sp³-hybridized carbons (Fsp3) is 1.00. The second-order valence-corrected chi connectivity index (χ2v) is 10.4. The molecule has 2 atom stereocenters. The summed E-state index contributed by atoms with van der Waals surface area (Å²) in [6.45, 7) is 11.1. The van der Waals surface area contributed by atoms with E-state index in [0.29, 0.717) is 0 Å². The standard InChI is InChI=1S/C29H59NO3/c1-4-7-10-13-16-19-22-30-25-27(32-23-20-17-14-11-8-5-2)29(31)28(26-30)33-24-21-18-15-12-9-6-3/h27-29,31H,4-26H2,1-3H3. The van der Waals surface area contributed by atoms with Crippen LogP contribution in [0.4, 0.5) is 0 Å². The molecule has 198 valence electrons. The molecule has 1 aliphatic heterocycles. The molecule has 1 heterocycles. The third kappa shape index (κ3) is 16.2. The minimum Gasteiger partial charge on any atom is -0.388 e. The van der Waals surface area contributed by atoms with Gasteiger partial charge in [-0.15, -0.1) is 0 Å². The van der Waals surface area contributed by atoms with Gasteiger partial charge in [-0.05, 0) is 25.8 Å². The summed E-state index contributed by atoms with van der Waals surface area (Å²) in [6, 6.07) is 0. The Balaban J connectivity index is 2.38. The number of hydrogen-bond donors (Lipinski definition) is 1. The van der Waals surface area contributed by atoms with Crippen molar-refractivity contribution in [3.63, 3.8) is 0 Å². The predicted molar refractivity (Wildman–Crippen MR) is 142 cm³/mol. The van der Waals surface area contributed by atoms with Crippen molar-refractivity contribution in [3.05, 3.63) is 0 Å². The summed E-state index contributed by atoms with van der Waals surface area (Å²) in [5.41, 5.74) is 0. The Labute approximate surface area is 207 Å². The van der Waals surface area contributed by atoms with Gasteiger partial charge in [0.1, 0.15) is 6.10 Å². The molecule has 2 unspecified atom stereocenters. The summed E-state index contributed by atoms with van der Waals surface area (Å²) in [5.74, 6) is 0. The third-order valence-corrected chi connectivity index (χ3v) is 7.13. The SMILES string of the molecule is CCCCCCCCOC1CN(CCCCCCCC)CC(OCCCCCCCC)C1O. The number of rotatable bonds is 23. The van der Waals surface area contributed by atoms with E-state index in [1.165, 1.54) is 103 Å². The average molecular weight is 470 g/mol. The van der Waals surface area contributed by atoms with Crippen molar-refractivity contribution in [2.45, 2.75) is 155 Å². The summed E-state index contributed by atoms with van der Waals surface area (Å²) in [7, 11) is 0. The van der Waals surface area contributed by atoms with Crippen molar-refractivity contribution in [1.29, 1.82) is 0 Å². The zero-order chi connectivity index (χ0) is 24.0. The maximum atomic E-state index is 11.0. The molecule has 4 heteroatoms. The first-order chi connectivity index (χ1) is 16.2. The number of aliphatic hydroxyl groups is 1. The molecule has 0 radical (unpaired) electrons. The molecule has 0 aromatic rings. The molecule has 0 aliphatic carbocycles. The van der Waals surface area contributed by atoms with Crippen LogP contribution >= 0.6 is 0 Å². The normalized spacial score (nSPS) is 21.6. The molecule has 0 aromatic heterocycles. The highest BCUT2D eigenvalue weighted by Gasteiger charge is 2.36. The van der Waals surface area contributed by atoms with Crippen LogP contribution in [0, 0.1) is 0 Å². The number of aliphatic hydroxyl groups excluding tert-OH is 1. The van der Waals surface area contributed by atoms with Gasteiger partial charge >= 0.3 is 0 Å². The lowest BCUT2D eigenvalue weighted by molar-refractivity contribution is -0.153. The molecule has 0 saturated carbocycles. The van der Waals surface area contributed by atoms with E-state index in [1.807, 2.05) is 0 Å². The van der Waals surface area contributed by atoms with Crippen LogP contribution in [0.2, 0.25) is 0 Å². The van der Waals surface area contributed by atoms with Crippen LogP contribution in [0.5, 0.6) is 0 Å². The lowest BCUT2D eigenvalue weighted by Gasteiger charge is -2.41. The quantitative estimate of drug-likeness (QED) is 0.157. The number of hydrogen-bond acceptors (Lipinski definition) is 4. The van der Waals surface area contributed by atoms with E-state index in [0.717, 1.165) is 45.7 Å². The second kappa shape index (κ2) is 22.3. The maximum absolute atomic E-state index is 11.0. The topological polar surface area (TPSA) is 41.9 Å². The lowest BCUT2D eigenvalue weighted by atomic mass is 10.0. The molecular formula is C29H59NO3. The minimum atomic E-state index is -0.494. The zero-order valence-electron chi connectivity index (χ0n) is 22.7. The van der Waals surface area contributed by atoms with Gasteiger partial charge in [0, 0.05) is 26.3 Å². The van der Waals surface area contributed by atoms with E-state index < -0.39 is 6.10 Å². The molecule has 1 saturated heterocycles. The highest BCUT2D eigenvalue weighted by atomic mass is 16.5. The number of likely N-dealkylation sites (tertiary alicyclic amines) is 1. The Morgan fingerprint density at radius 2 is 0.909 bits per heavy atom. The van der Waals surface area contributed by atoms with Gasteiger partial charge < -0.3 is 14.6 Å². The largest absolute Gasteiger partial charge is 0.388 e. The molecule has 0 aromatic carbocycles. The smallest absolute Gasteiger partial charge is 0.109 e. The monoisotopic (exact) mass is 469 g/mol. The van der Waals surface area contributed by atoms with Gasteiger partial charge in [0.05, 0.1) is 12.2 Å². The lowest BCUT2D eigenvalue weighted by Crippen LogP contribution is -2.57. The zero-order valence-corrected chi connectivity index (χ0v) is 22.7. The number of unbranched alkanes of at least 4 members (excludes halogenated alkanes) is 15. The van der Waals surface area contributed by atoms with Crippen LogP contribution in [0.3, 0.4) is 0 Å². The van der Waals surface area contributed by atoms with Gasteiger partial charge in [-0.1, -0.05) is 117 Å². The fourth-order valence-electron chi connectivity index (χ4n) is 4.87. The summed E-state index contributed by atoms with van der Waals surface area (Å²) in [6.07, 6.45) is 22.5. The summed E-state index contributed by atoms with van der Waals surface area (Å²) < 4.78 is 12.4. The Hall–Kier alpha value is -0.160. The third-order valence-electron chi connectivity index (χ3n) is 7.13. The van der Waals surface area contributed by atoms with Gasteiger partial charge in [-0.3, -0.25) is 4.90 Å². The van der Waals surface area contributed by atoms with Crippen molar-refractivity contribution in [2.24, 2.45) is 0 Å². The Bertz CT molecular complexity index is 378. The number of nitrogens with zero attached hydrogens (tertiary/aromatic N) is 1. The second-order valence-electron chi connectivity index (χ2n) is 10.4. The molecule has 1 rings (SSSR count). The van der Waals surface area contributed by atoms with Crippen LogP contribution in [-0.2, 0) is 9.47 Å². The van der Waals surface area contributed by atoms with E-state index in [2.05, 4.69) is 25.7 Å². The van der Waals surface area contributed by atoms with Crippen molar-refractivity contribution in [1.82, 2.24) is 4.90 Å². The van der Waals surface area contributed by atoms with E-state index in [1.54, 1.807) is 0 Å². The van der Waals surface area contributed by atoms with Crippen molar-refractivity contribution >= 4 is 0 Å². The van der Waals surface area contributed by atoms with Gasteiger partial charge in [0.2, 0.25) is 0 Å². The van der Waals surface area contributed by atoms with Crippen molar-refractivity contribution < 1.29 is 14.6 Å². The van der Waals surface area contributed by atoms with E-state index >= 15 is 0 Å². The highest BCUT2D eigenvalue weighted by Crippen LogP contribution is 2.20. The summed E-state index contributed by atoms with van der Waals surface area (Å²) >= 11 is 0. The molecule has 33 heavy (non-hydrogen) atoms. The number of ether oxygens (including phenoxy) is 2. The van der Waals surface area contributed by atoms with Gasteiger partial charge in [-0.25, -0.2) is 0 Å². The molecule has 4 nitrogen and oxygen atoms in total. The molecule has 0 amide bonds. The highest BCUT2D eigenvalue weighted by molar-refractivity contribution is 4.89. The van der Waals surface area contributed by atoms with Gasteiger partial charge in [0.15, 0.2) is 0 Å². The molecule has 1 N–H and O–H groups in total. The Morgan fingerprint density at radius 3 is 1.33 bits per heavy atom. The van der Waals surface area contributed by atoms with Crippen molar-refractivity contribution in [3.8, 4) is 0 Å². The van der Waals surface area contributed by atoms with Crippen LogP contribution in [0.1, 0.15) is 136 Å². The van der Waals surface area contributed by atoms with Crippen LogP contribution in [0.25, 0.3) is 0 Å². The van der Waals surface area contributed by atoms with E-state index in [4.69, 9.17) is 9.47 Å². The maximum Gasteiger partial charge on any atom is 0.109 e. The molecule has 0 bridgehead atoms. The Morgan fingerprint density at radius 1 is 0.545 bits per heavy atom.